The minimum Gasteiger partial charge on any atom is -0.331 e. The first-order valence-electron chi connectivity index (χ1n) is 7.65. The van der Waals surface area contributed by atoms with Gasteiger partial charge in [-0.3, -0.25) is 9.59 Å². The van der Waals surface area contributed by atoms with Gasteiger partial charge >= 0.3 is 0 Å². The van der Waals surface area contributed by atoms with E-state index in [1.54, 1.807) is 4.90 Å². The van der Waals surface area contributed by atoms with Crippen LogP contribution in [0.2, 0.25) is 5.02 Å². The molecule has 0 spiro atoms. The van der Waals surface area contributed by atoms with E-state index in [4.69, 9.17) is 11.6 Å². The van der Waals surface area contributed by atoms with Crippen LogP contribution < -0.4 is 0 Å². The molecule has 4 heteroatoms. The zero-order chi connectivity index (χ0) is 16.4. The maximum atomic E-state index is 12.9. The molecule has 1 unspecified atom stereocenters. The van der Waals surface area contributed by atoms with Crippen LogP contribution in [0, 0.1) is 0 Å². The summed E-state index contributed by atoms with van der Waals surface area (Å²) in [6.07, 6.45) is 0.650. The molecule has 0 heterocycles. The lowest BCUT2D eigenvalue weighted by Crippen LogP contribution is -2.41. The van der Waals surface area contributed by atoms with E-state index in [0.29, 0.717) is 18.0 Å². The fourth-order valence-electron chi connectivity index (χ4n) is 3.03. The second kappa shape index (κ2) is 6.55. The Morgan fingerprint density at radius 3 is 2.57 bits per heavy atom. The molecule has 3 rings (SSSR count). The highest BCUT2D eigenvalue weighted by atomic mass is 35.5. The van der Waals surface area contributed by atoms with E-state index >= 15 is 0 Å². The van der Waals surface area contributed by atoms with Crippen LogP contribution in [0.5, 0.6) is 0 Å². The highest BCUT2D eigenvalue weighted by molar-refractivity contribution is 6.31. The number of Topliss-reactive ketones (excluding diaryl/α,β-unsaturated/α-hetero) is 1. The molecule has 1 amide bonds. The predicted molar refractivity (Wildman–Crippen MR) is 90.4 cm³/mol. The average molecular weight is 328 g/mol. The summed E-state index contributed by atoms with van der Waals surface area (Å²) in [6, 6.07) is 15.4. The van der Waals surface area contributed by atoms with Crippen molar-refractivity contribution in [1.82, 2.24) is 4.90 Å². The molecule has 2 aromatic carbocycles. The van der Waals surface area contributed by atoms with Crippen LogP contribution in [0.4, 0.5) is 0 Å². The van der Waals surface area contributed by atoms with Gasteiger partial charge in [-0.2, -0.15) is 0 Å². The molecule has 1 aliphatic rings. The quantitative estimate of drug-likeness (QED) is 0.841. The van der Waals surface area contributed by atoms with Gasteiger partial charge in [-0.05, 0) is 36.1 Å². The molecule has 0 fully saturated rings. The molecule has 0 saturated carbocycles. The van der Waals surface area contributed by atoms with E-state index in [1.165, 1.54) is 6.92 Å². The maximum absolute atomic E-state index is 12.9. The van der Waals surface area contributed by atoms with Crippen molar-refractivity contribution >= 4 is 23.3 Å². The number of ketones is 1. The number of halogens is 1. The van der Waals surface area contributed by atoms with Gasteiger partial charge in [-0.25, -0.2) is 0 Å². The Hall–Kier alpha value is -2.13. The Morgan fingerprint density at radius 1 is 1.13 bits per heavy atom. The predicted octanol–water partition coefficient (Wildman–Crippen LogP) is 3.60. The van der Waals surface area contributed by atoms with Crippen LogP contribution >= 0.6 is 11.6 Å². The summed E-state index contributed by atoms with van der Waals surface area (Å²) in [5.74, 6) is -0.203. The third kappa shape index (κ3) is 3.30. The van der Waals surface area contributed by atoms with E-state index in [0.717, 1.165) is 16.7 Å². The normalized spacial score (nSPS) is 15.5. The highest BCUT2D eigenvalue weighted by Crippen LogP contribution is 2.40. The monoisotopic (exact) mass is 327 g/mol. The molecule has 118 valence electrons. The molecule has 0 bridgehead atoms. The molecule has 0 aliphatic heterocycles. The fraction of sp³-hybridized carbons (Fsp3) is 0.263. The van der Waals surface area contributed by atoms with E-state index in [2.05, 4.69) is 0 Å². The Morgan fingerprint density at radius 2 is 1.87 bits per heavy atom. The largest absolute Gasteiger partial charge is 0.331 e. The molecule has 0 radical (unpaired) electrons. The van der Waals surface area contributed by atoms with Gasteiger partial charge in [0.25, 0.3) is 0 Å². The first kappa shape index (κ1) is 15.8. The van der Waals surface area contributed by atoms with Crippen LogP contribution in [0.15, 0.2) is 48.5 Å². The van der Waals surface area contributed by atoms with Gasteiger partial charge in [0, 0.05) is 11.6 Å². The summed E-state index contributed by atoms with van der Waals surface area (Å²) in [5, 5.41) is 0.715. The SMILES string of the molecule is CC(=O)CN(Cc1ccccc1)C(=O)C1Cc2c(Cl)cccc21. The zero-order valence-corrected chi connectivity index (χ0v) is 13.7. The van der Waals surface area contributed by atoms with E-state index in [9.17, 15) is 9.59 Å². The number of hydrogen-bond acceptors (Lipinski definition) is 2. The minimum absolute atomic E-state index is 0.00109. The molecule has 0 aromatic heterocycles. The summed E-state index contributed by atoms with van der Waals surface area (Å²) in [5.41, 5.74) is 3.06. The lowest BCUT2D eigenvalue weighted by Gasteiger charge is -2.34. The zero-order valence-electron chi connectivity index (χ0n) is 13.0. The van der Waals surface area contributed by atoms with Gasteiger partial charge in [0.2, 0.25) is 5.91 Å². The van der Waals surface area contributed by atoms with E-state index in [1.807, 2.05) is 48.5 Å². The van der Waals surface area contributed by atoms with Gasteiger partial charge in [0.1, 0.15) is 5.78 Å². The van der Waals surface area contributed by atoms with Gasteiger partial charge in [-0.1, -0.05) is 54.1 Å². The topological polar surface area (TPSA) is 37.4 Å². The van der Waals surface area contributed by atoms with Crippen molar-refractivity contribution in [3.8, 4) is 0 Å². The lowest BCUT2D eigenvalue weighted by atomic mass is 9.76. The molecule has 2 aromatic rings. The molecule has 0 saturated heterocycles. The maximum Gasteiger partial charge on any atom is 0.231 e. The molecule has 1 atom stereocenters. The van der Waals surface area contributed by atoms with Crippen LogP contribution in [-0.2, 0) is 22.6 Å². The second-order valence-electron chi connectivity index (χ2n) is 5.95. The number of benzene rings is 2. The molecular formula is C19H18ClNO2. The summed E-state index contributed by atoms with van der Waals surface area (Å²) in [6.45, 7) is 2.10. The number of nitrogens with zero attached hydrogens (tertiary/aromatic N) is 1. The number of rotatable bonds is 5. The molecule has 1 aliphatic carbocycles. The van der Waals surface area contributed by atoms with Crippen LogP contribution in [0.25, 0.3) is 0 Å². The van der Waals surface area contributed by atoms with E-state index in [-0.39, 0.29) is 24.2 Å². The van der Waals surface area contributed by atoms with Crippen molar-refractivity contribution in [2.24, 2.45) is 0 Å². The number of amides is 1. The second-order valence-corrected chi connectivity index (χ2v) is 6.35. The molecule has 3 nitrogen and oxygen atoms in total. The Kier molecular flexibility index (Phi) is 4.49. The summed E-state index contributed by atoms with van der Waals surface area (Å²) in [4.78, 5) is 26.1. The minimum atomic E-state index is -0.188. The van der Waals surface area contributed by atoms with Crippen LogP contribution in [0.3, 0.4) is 0 Å². The third-order valence-electron chi connectivity index (χ3n) is 4.18. The lowest BCUT2D eigenvalue weighted by molar-refractivity contribution is -0.137. The van der Waals surface area contributed by atoms with Crippen molar-refractivity contribution in [3.05, 3.63) is 70.2 Å². The van der Waals surface area contributed by atoms with E-state index < -0.39 is 0 Å². The molecular weight excluding hydrogens is 310 g/mol. The summed E-state index contributed by atoms with van der Waals surface area (Å²) < 4.78 is 0. The van der Waals surface area contributed by atoms with Crippen molar-refractivity contribution in [1.29, 1.82) is 0 Å². The van der Waals surface area contributed by atoms with Gasteiger partial charge in [0.15, 0.2) is 0 Å². The fourth-order valence-corrected chi connectivity index (χ4v) is 3.28. The Bertz CT molecular complexity index is 742. The number of carbonyl (C=O) groups excluding carboxylic acids is 2. The van der Waals surface area contributed by atoms with Gasteiger partial charge < -0.3 is 4.90 Å². The first-order chi connectivity index (χ1) is 11.1. The Labute approximate surface area is 140 Å². The molecule has 0 N–H and O–H groups in total. The first-order valence-corrected chi connectivity index (χ1v) is 8.03. The number of carbonyl (C=O) groups is 2. The van der Waals surface area contributed by atoms with Crippen molar-refractivity contribution in [3.63, 3.8) is 0 Å². The highest BCUT2D eigenvalue weighted by Gasteiger charge is 2.36. The number of fused-ring (bicyclic) bond motifs is 1. The van der Waals surface area contributed by atoms with Gasteiger partial charge in [0.05, 0.1) is 12.5 Å². The number of hydrogen-bond donors (Lipinski definition) is 0. The Balaban J connectivity index is 1.80. The van der Waals surface area contributed by atoms with Crippen LogP contribution in [0.1, 0.15) is 29.5 Å². The third-order valence-corrected chi connectivity index (χ3v) is 4.53. The average Bonchev–Trinajstić information content (AvgIpc) is 2.49. The van der Waals surface area contributed by atoms with Crippen molar-refractivity contribution < 1.29 is 9.59 Å². The summed E-state index contributed by atoms with van der Waals surface area (Å²) >= 11 is 6.15. The standard InChI is InChI=1S/C19H18ClNO2/c1-13(22)11-21(12-14-6-3-2-4-7-14)19(23)17-10-16-15(17)8-5-9-18(16)20/h2-9,17H,10-12H2,1H3. The van der Waals surface area contributed by atoms with Crippen LogP contribution in [-0.4, -0.2) is 23.1 Å². The smallest absolute Gasteiger partial charge is 0.231 e. The van der Waals surface area contributed by atoms with Crippen molar-refractivity contribution in [2.75, 3.05) is 6.54 Å². The van der Waals surface area contributed by atoms with Crippen molar-refractivity contribution in [2.45, 2.75) is 25.8 Å². The van der Waals surface area contributed by atoms with Gasteiger partial charge in [-0.15, -0.1) is 0 Å². The summed E-state index contributed by atoms with van der Waals surface area (Å²) in [7, 11) is 0. The molecule has 23 heavy (non-hydrogen) atoms.